The van der Waals surface area contributed by atoms with Crippen LogP contribution in [-0.2, 0) is 9.09 Å². The molecule has 180 valence electrons. The van der Waals surface area contributed by atoms with Gasteiger partial charge in [0.05, 0.1) is 27.7 Å². The molecule has 0 aliphatic carbocycles. The molecular weight excluding hydrogens is 393 g/mol. The lowest BCUT2D eigenvalue weighted by molar-refractivity contribution is -0.883. The summed E-state index contributed by atoms with van der Waals surface area (Å²) in [6.45, 7) is 4.69. The Kier molecular flexibility index (Phi) is 18.3. The van der Waals surface area contributed by atoms with E-state index in [1.807, 2.05) is 28.1 Å². The average molecular weight is 447 g/mol. The maximum atomic E-state index is 12.6. The second-order valence-electron chi connectivity index (χ2n) is 9.72. The van der Waals surface area contributed by atoms with Gasteiger partial charge in [-0.2, -0.15) is 0 Å². The van der Waals surface area contributed by atoms with Crippen molar-refractivity contribution in [3.63, 3.8) is 0 Å². The first-order valence-corrected chi connectivity index (χ1v) is 14.3. The van der Waals surface area contributed by atoms with Crippen LogP contribution in [-0.4, -0.2) is 42.9 Å². The van der Waals surface area contributed by atoms with Crippen molar-refractivity contribution >= 4 is 7.60 Å². The Morgan fingerprint density at radius 1 is 0.767 bits per heavy atom. The van der Waals surface area contributed by atoms with Crippen molar-refractivity contribution < 1.29 is 18.5 Å². The molecule has 0 rings (SSSR count). The minimum absolute atomic E-state index is 0.344. The molecule has 2 atom stereocenters. The molecule has 0 heterocycles. The van der Waals surface area contributed by atoms with Crippen LogP contribution in [0.2, 0.25) is 0 Å². The van der Waals surface area contributed by atoms with E-state index in [1.54, 1.807) is 0 Å². The summed E-state index contributed by atoms with van der Waals surface area (Å²) >= 11 is 0. The number of quaternary nitrogens is 1. The summed E-state index contributed by atoms with van der Waals surface area (Å²) in [5.74, 6) is -0.344. The molecule has 0 amide bonds. The van der Waals surface area contributed by atoms with Crippen LogP contribution in [0, 0.1) is 0 Å². The van der Waals surface area contributed by atoms with Gasteiger partial charge in [0.15, 0.2) is 5.78 Å². The van der Waals surface area contributed by atoms with Gasteiger partial charge in [0.25, 0.3) is 0 Å². The van der Waals surface area contributed by atoms with E-state index < -0.39 is 7.60 Å². The van der Waals surface area contributed by atoms with E-state index in [9.17, 15) is 9.46 Å². The fourth-order valence-corrected chi connectivity index (χ4v) is 5.90. The molecule has 0 radical (unpaired) electrons. The average Bonchev–Trinajstić information content (AvgIpc) is 2.67. The van der Waals surface area contributed by atoms with Gasteiger partial charge in [-0.05, 0) is 38.5 Å². The van der Waals surface area contributed by atoms with Gasteiger partial charge in [0.1, 0.15) is 0 Å². The Bertz CT molecular complexity index is 460. The molecule has 0 aromatic heterocycles. The van der Waals surface area contributed by atoms with E-state index in [-0.39, 0.29) is 5.78 Å². The molecular formula is C25H53NO3P+. The summed E-state index contributed by atoms with van der Waals surface area (Å²) in [5, 5.41) is 0. The van der Waals surface area contributed by atoms with Gasteiger partial charge >= 0.3 is 7.60 Å². The van der Waals surface area contributed by atoms with Crippen LogP contribution < -0.4 is 0 Å². The molecule has 0 aromatic rings. The van der Waals surface area contributed by atoms with Crippen molar-refractivity contribution in [1.82, 2.24) is 0 Å². The van der Waals surface area contributed by atoms with Crippen molar-refractivity contribution in [2.75, 3.05) is 27.7 Å². The summed E-state index contributed by atoms with van der Waals surface area (Å²) in [5.41, 5.74) is 0. The first kappa shape index (κ1) is 29.9. The van der Waals surface area contributed by atoms with Crippen LogP contribution in [0.25, 0.3) is 0 Å². The lowest BCUT2D eigenvalue weighted by atomic mass is 10.1. The third-order valence-electron chi connectivity index (χ3n) is 5.75. The molecule has 0 aliphatic heterocycles. The Balaban J connectivity index is 3.64. The SMILES string of the molecule is CCCCCCCCCCCC/C=C\CCCCOP(=O)(O)C(CCC)[N+](C)(C)C. The summed E-state index contributed by atoms with van der Waals surface area (Å²) in [6.07, 6.45) is 24.1. The molecule has 0 aromatic carbocycles. The predicted molar refractivity (Wildman–Crippen MR) is 132 cm³/mol. The zero-order chi connectivity index (χ0) is 22.7. The molecule has 4 nitrogen and oxygen atoms in total. The Morgan fingerprint density at radius 3 is 1.70 bits per heavy atom. The maximum absolute atomic E-state index is 12.6. The number of hydrogen-bond acceptors (Lipinski definition) is 2. The Morgan fingerprint density at radius 2 is 1.23 bits per heavy atom. The lowest BCUT2D eigenvalue weighted by Crippen LogP contribution is -2.45. The van der Waals surface area contributed by atoms with Crippen LogP contribution in [0.3, 0.4) is 0 Å². The van der Waals surface area contributed by atoms with Gasteiger partial charge in [-0.1, -0.05) is 83.8 Å². The molecule has 1 N–H and O–H groups in total. The molecule has 0 aliphatic rings. The highest BCUT2D eigenvalue weighted by Crippen LogP contribution is 2.51. The molecule has 0 saturated carbocycles. The smallest absolute Gasteiger partial charge is 0.320 e. The molecule has 5 heteroatoms. The fraction of sp³-hybridized carbons (Fsp3) is 0.920. The quantitative estimate of drug-likeness (QED) is 0.0839. The van der Waals surface area contributed by atoms with Crippen molar-refractivity contribution in [3.05, 3.63) is 12.2 Å². The number of nitrogens with zero attached hydrogens (tertiary/aromatic N) is 1. The second kappa shape index (κ2) is 18.4. The standard InChI is InChI=1S/C25H52NO3P/c1-6-8-9-10-11-12-13-14-15-16-17-18-19-20-21-22-24-29-30(27,28)25(23-7-2)26(3,4)5/h18-19,25H,6-17,20-24H2,1-5H3/p+1/b19-18-. The first-order chi connectivity index (χ1) is 14.3. The molecule has 0 bridgehead atoms. The highest BCUT2D eigenvalue weighted by Gasteiger charge is 2.41. The van der Waals surface area contributed by atoms with E-state index in [0.717, 1.165) is 25.7 Å². The van der Waals surface area contributed by atoms with Gasteiger partial charge in [-0.25, -0.2) is 0 Å². The molecule has 2 unspecified atom stereocenters. The summed E-state index contributed by atoms with van der Waals surface area (Å²) in [7, 11) is 2.32. The van der Waals surface area contributed by atoms with E-state index >= 15 is 0 Å². The second-order valence-corrected chi connectivity index (χ2v) is 11.7. The molecule has 0 saturated heterocycles. The van der Waals surface area contributed by atoms with Gasteiger partial charge in [-0.15, -0.1) is 0 Å². The summed E-state index contributed by atoms with van der Waals surface area (Å²) in [6, 6.07) is 0. The van der Waals surface area contributed by atoms with Crippen LogP contribution in [0.5, 0.6) is 0 Å². The topological polar surface area (TPSA) is 46.5 Å². The number of allylic oxidation sites excluding steroid dienone is 2. The summed E-state index contributed by atoms with van der Waals surface area (Å²) < 4.78 is 18.5. The van der Waals surface area contributed by atoms with Crippen molar-refractivity contribution in [3.8, 4) is 0 Å². The van der Waals surface area contributed by atoms with E-state index in [1.165, 1.54) is 70.6 Å². The zero-order valence-corrected chi connectivity index (χ0v) is 21.8. The van der Waals surface area contributed by atoms with Gasteiger partial charge in [-0.3, -0.25) is 4.57 Å². The normalized spacial score (nSPS) is 15.5. The molecule has 30 heavy (non-hydrogen) atoms. The highest BCUT2D eigenvalue weighted by molar-refractivity contribution is 7.53. The van der Waals surface area contributed by atoms with Crippen LogP contribution in [0.1, 0.15) is 117 Å². The Hall–Kier alpha value is -0.150. The van der Waals surface area contributed by atoms with E-state index in [2.05, 4.69) is 19.1 Å². The number of rotatable bonds is 21. The lowest BCUT2D eigenvalue weighted by Gasteiger charge is -2.35. The van der Waals surface area contributed by atoms with Gasteiger partial charge in [0, 0.05) is 6.42 Å². The maximum Gasteiger partial charge on any atom is 0.385 e. The van der Waals surface area contributed by atoms with Crippen LogP contribution in [0.15, 0.2) is 12.2 Å². The number of hydrogen-bond donors (Lipinski definition) is 1. The zero-order valence-electron chi connectivity index (χ0n) is 20.9. The van der Waals surface area contributed by atoms with Crippen molar-refractivity contribution in [2.45, 2.75) is 122 Å². The minimum Gasteiger partial charge on any atom is -0.320 e. The molecule has 0 spiro atoms. The van der Waals surface area contributed by atoms with E-state index in [4.69, 9.17) is 4.52 Å². The third-order valence-corrected chi connectivity index (χ3v) is 8.01. The fourth-order valence-electron chi connectivity index (χ4n) is 3.88. The monoisotopic (exact) mass is 446 g/mol. The first-order valence-electron chi connectivity index (χ1n) is 12.7. The van der Waals surface area contributed by atoms with Crippen LogP contribution in [0.4, 0.5) is 0 Å². The highest BCUT2D eigenvalue weighted by atomic mass is 31.2. The number of unbranched alkanes of at least 4 members (excludes halogenated alkanes) is 12. The van der Waals surface area contributed by atoms with Crippen LogP contribution >= 0.6 is 7.60 Å². The minimum atomic E-state index is -3.58. The Labute approximate surface area is 188 Å². The van der Waals surface area contributed by atoms with Gasteiger partial charge in [0.2, 0.25) is 0 Å². The molecule has 0 fully saturated rings. The van der Waals surface area contributed by atoms with E-state index in [0.29, 0.717) is 17.5 Å². The van der Waals surface area contributed by atoms with Crippen molar-refractivity contribution in [1.29, 1.82) is 0 Å². The summed E-state index contributed by atoms with van der Waals surface area (Å²) in [4.78, 5) is 10.4. The van der Waals surface area contributed by atoms with Gasteiger partial charge < -0.3 is 13.9 Å². The third kappa shape index (κ3) is 16.5. The largest absolute Gasteiger partial charge is 0.385 e. The predicted octanol–water partition coefficient (Wildman–Crippen LogP) is 8.06. The van der Waals surface area contributed by atoms with Crippen molar-refractivity contribution in [2.24, 2.45) is 0 Å².